The van der Waals surface area contributed by atoms with Gasteiger partial charge in [-0.3, -0.25) is 0 Å². The Morgan fingerprint density at radius 1 is 1.19 bits per heavy atom. The summed E-state index contributed by atoms with van der Waals surface area (Å²) in [4.78, 5) is 6.30. The lowest BCUT2D eigenvalue weighted by Gasteiger charge is -2.18. The first-order chi connectivity index (χ1) is 9.91. The largest absolute Gasteiger partial charge is 0.309 e. The molecule has 2 rings (SSSR count). The van der Waals surface area contributed by atoms with E-state index in [1.165, 1.54) is 16.1 Å². The van der Waals surface area contributed by atoms with E-state index >= 15 is 0 Å². The highest BCUT2D eigenvalue weighted by atomic mass is 32.1. The van der Waals surface area contributed by atoms with Crippen molar-refractivity contribution in [2.75, 3.05) is 0 Å². The van der Waals surface area contributed by atoms with E-state index in [9.17, 15) is 0 Å². The third-order valence-electron chi connectivity index (χ3n) is 3.65. The first-order valence-corrected chi connectivity index (χ1v) is 8.52. The zero-order chi connectivity index (χ0) is 15.5. The van der Waals surface area contributed by atoms with Crippen molar-refractivity contribution in [2.45, 2.75) is 59.0 Å². The van der Waals surface area contributed by atoms with Crippen LogP contribution >= 0.6 is 11.3 Å². The number of hydrogen-bond donors (Lipinski definition) is 1. The number of rotatable bonds is 5. The van der Waals surface area contributed by atoms with Crippen LogP contribution in [0.3, 0.4) is 0 Å². The SMILES string of the molecule is CCC(C)NCc1sc(-c2ccccc2)nc1C(C)(C)C. The Morgan fingerprint density at radius 2 is 1.86 bits per heavy atom. The Hall–Kier alpha value is -1.19. The molecule has 0 fully saturated rings. The van der Waals surface area contributed by atoms with Crippen molar-refractivity contribution in [3.63, 3.8) is 0 Å². The number of hydrogen-bond acceptors (Lipinski definition) is 3. The molecule has 2 aromatic rings. The van der Waals surface area contributed by atoms with Gasteiger partial charge >= 0.3 is 0 Å². The highest BCUT2D eigenvalue weighted by Crippen LogP contribution is 2.34. The molecule has 0 radical (unpaired) electrons. The van der Waals surface area contributed by atoms with Gasteiger partial charge < -0.3 is 5.32 Å². The van der Waals surface area contributed by atoms with E-state index in [0.29, 0.717) is 6.04 Å². The highest BCUT2D eigenvalue weighted by molar-refractivity contribution is 7.15. The first-order valence-electron chi connectivity index (χ1n) is 7.70. The molecule has 114 valence electrons. The minimum Gasteiger partial charge on any atom is -0.309 e. The van der Waals surface area contributed by atoms with E-state index in [-0.39, 0.29) is 5.41 Å². The molecule has 1 heterocycles. The number of thiazole rings is 1. The van der Waals surface area contributed by atoms with E-state index in [4.69, 9.17) is 4.98 Å². The van der Waals surface area contributed by atoms with Crippen molar-refractivity contribution in [1.29, 1.82) is 0 Å². The zero-order valence-electron chi connectivity index (χ0n) is 13.7. The average Bonchev–Trinajstić information content (AvgIpc) is 2.90. The van der Waals surface area contributed by atoms with Crippen molar-refractivity contribution in [3.05, 3.63) is 40.9 Å². The maximum atomic E-state index is 4.93. The summed E-state index contributed by atoms with van der Waals surface area (Å²) >= 11 is 1.82. The summed E-state index contributed by atoms with van der Waals surface area (Å²) in [5.41, 5.74) is 2.51. The van der Waals surface area contributed by atoms with Gasteiger partial charge in [-0.05, 0) is 13.3 Å². The van der Waals surface area contributed by atoms with Gasteiger partial charge in [0, 0.05) is 28.4 Å². The molecule has 0 bridgehead atoms. The van der Waals surface area contributed by atoms with Crippen molar-refractivity contribution in [1.82, 2.24) is 10.3 Å². The monoisotopic (exact) mass is 302 g/mol. The normalized spacial score (nSPS) is 13.4. The fraction of sp³-hybridized carbons (Fsp3) is 0.500. The minimum absolute atomic E-state index is 0.0794. The predicted molar refractivity (Wildman–Crippen MR) is 92.8 cm³/mol. The van der Waals surface area contributed by atoms with Crippen LogP contribution < -0.4 is 5.32 Å². The van der Waals surface area contributed by atoms with Crippen molar-refractivity contribution < 1.29 is 0 Å². The number of nitrogens with one attached hydrogen (secondary N) is 1. The van der Waals surface area contributed by atoms with Crippen molar-refractivity contribution in [2.24, 2.45) is 0 Å². The minimum atomic E-state index is 0.0794. The number of nitrogens with zero attached hydrogens (tertiary/aromatic N) is 1. The summed E-state index contributed by atoms with van der Waals surface area (Å²) in [7, 11) is 0. The lowest BCUT2D eigenvalue weighted by Crippen LogP contribution is -2.25. The number of aromatic nitrogens is 1. The van der Waals surface area contributed by atoms with Crippen LogP contribution in [0.5, 0.6) is 0 Å². The van der Waals surface area contributed by atoms with Gasteiger partial charge in [0.1, 0.15) is 5.01 Å². The van der Waals surface area contributed by atoms with Gasteiger partial charge in [0.15, 0.2) is 0 Å². The van der Waals surface area contributed by atoms with Gasteiger partial charge in [0.25, 0.3) is 0 Å². The molecule has 0 aliphatic rings. The van der Waals surface area contributed by atoms with E-state index in [1.807, 2.05) is 17.4 Å². The quantitative estimate of drug-likeness (QED) is 0.841. The molecule has 1 aromatic heterocycles. The van der Waals surface area contributed by atoms with Gasteiger partial charge in [-0.15, -0.1) is 11.3 Å². The lowest BCUT2D eigenvalue weighted by molar-refractivity contribution is 0.520. The van der Waals surface area contributed by atoms with Gasteiger partial charge in [-0.2, -0.15) is 0 Å². The van der Waals surface area contributed by atoms with Crippen LogP contribution in [0.4, 0.5) is 0 Å². The van der Waals surface area contributed by atoms with Gasteiger partial charge in [0.2, 0.25) is 0 Å². The molecule has 1 aromatic carbocycles. The molecule has 3 heteroatoms. The summed E-state index contributed by atoms with van der Waals surface area (Å²) in [5.74, 6) is 0. The Morgan fingerprint density at radius 3 is 2.43 bits per heavy atom. The van der Waals surface area contributed by atoms with E-state index in [1.54, 1.807) is 0 Å². The van der Waals surface area contributed by atoms with E-state index in [2.05, 4.69) is 64.2 Å². The smallest absolute Gasteiger partial charge is 0.123 e. The summed E-state index contributed by atoms with van der Waals surface area (Å²) < 4.78 is 0. The van der Waals surface area contributed by atoms with Crippen LogP contribution in [0.1, 0.15) is 51.6 Å². The summed E-state index contributed by atoms with van der Waals surface area (Å²) in [6.07, 6.45) is 1.15. The maximum absolute atomic E-state index is 4.93. The van der Waals surface area contributed by atoms with Crippen LogP contribution in [0.2, 0.25) is 0 Å². The van der Waals surface area contributed by atoms with Crippen LogP contribution in [-0.2, 0) is 12.0 Å². The Balaban J connectivity index is 2.32. The highest BCUT2D eigenvalue weighted by Gasteiger charge is 2.23. The Kier molecular flexibility index (Phi) is 5.17. The summed E-state index contributed by atoms with van der Waals surface area (Å²) in [5, 5.41) is 4.72. The first kappa shape index (κ1) is 16.2. The molecule has 0 aliphatic carbocycles. The Labute approximate surface area is 132 Å². The van der Waals surface area contributed by atoms with Crippen LogP contribution in [-0.4, -0.2) is 11.0 Å². The zero-order valence-corrected chi connectivity index (χ0v) is 14.6. The van der Waals surface area contributed by atoms with Crippen LogP contribution in [0, 0.1) is 0 Å². The van der Waals surface area contributed by atoms with Gasteiger partial charge in [-0.25, -0.2) is 4.98 Å². The fourth-order valence-electron chi connectivity index (χ4n) is 2.17. The second-order valence-electron chi connectivity index (χ2n) is 6.60. The van der Waals surface area contributed by atoms with Gasteiger partial charge in [-0.1, -0.05) is 58.0 Å². The molecule has 1 atom stereocenters. The molecular formula is C18H26N2S. The molecule has 0 aliphatic heterocycles. The standard InChI is InChI=1S/C18H26N2S/c1-6-13(2)19-12-15-16(18(3,4)5)20-17(21-15)14-10-8-7-9-11-14/h7-11,13,19H,6,12H2,1-5H3. The van der Waals surface area contributed by atoms with Crippen LogP contribution in [0.15, 0.2) is 30.3 Å². The second kappa shape index (κ2) is 6.71. The molecule has 0 saturated carbocycles. The molecule has 0 saturated heterocycles. The third-order valence-corrected chi connectivity index (χ3v) is 4.76. The fourth-order valence-corrected chi connectivity index (χ4v) is 3.40. The van der Waals surface area contributed by atoms with E-state index < -0.39 is 0 Å². The molecule has 1 unspecified atom stereocenters. The topological polar surface area (TPSA) is 24.9 Å². The van der Waals surface area contributed by atoms with Crippen molar-refractivity contribution in [3.8, 4) is 10.6 Å². The third kappa shape index (κ3) is 4.14. The predicted octanol–water partition coefficient (Wildman–Crippen LogP) is 5.00. The lowest BCUT2D eigenvalue weighted by atomic mass is 9.91. The molecule has 2 nitrogen and oxygen atoms in total. The summed E-state index contributed by atoms with van der Waals surface area (Å²) in [6.45, 7) is 12.1. The average molecular weight is 302 g/mol. The molecule has 21 heavy (non-hydrogen) atoms. The molecule has 0 spiro atoms. The second-order valence-corrected chi connectivity index (χ2v) is 7.68. The molecule has 0 amide bonds. The Bertz CT molecular complexity index is 567. The summed E-state index contributed by atoms with van der Waals surface area (Å²) in [6, 6.07) is 11.0. The maximum Gasteiger partial charge on any atom is 0.123 e. The van der Waals surface area contributed by atoms with Gasteiger partial charge in [0.05, 0.1) is 5.69 Å². The van der Waals surface area contributed by atoms with E-state index in [0.717, 1.165) is 18.0 Å². The van der Waals surface area contributed by atoms with Crippen LogP contribution in [0.25, 0.3) is 10.6 Å². The molecule has 1 N–H and O–H groups in total. The van der Waals surface area contributed by atoms with Crippen molar-refractivity contribution >= 4 is 11.3 Å². The molecular weight excluding hydrogens is 276 g/mol. The number of benzene rings is 1.